The lowest BCUT2D eigenvalue weighted by atomic mass is 9.84. The van der Waals surface area contributed by atoms with Gasteiger partial charge in [-0.25, -0.2) is 19.2 Å². The Morgan fingerprint density at radius 2 is 1.61 bits per heavy atom. The first kappa shape index (κ1) is 20.5. The number of hydrogen-bond acceptors (Lipinski definition) is 6. The molecule has 8 heteroatoms. The highest BCUT2D eigenvalue weighted by molar-refractivity contribution is 5.68. The summed E-state index contributed by atoms with van der Waals surface area (Å²) in [6.45, 7) is 4.11. The molecule has 36 heavy (non-hydrogen) atoms. The zero-order chi connectivity index (χ0) is 24.2. The minimum atomic E-state index is -0.174. The Hall–Kier alpha value is -4.85. The molecule has 0 fully saturated rings. The molecular weight excluding hydrogens is 450 g/mol. The molecule has 174 valence electrons. The van der Waals surface area contributed by atoms with Crippen molar-refractivity contribution in [1.29, 1.82) is 0 Å². The Kier molecular flexibility index (Phi) is 4.47. The standard InChI is InChI=1S/C28H21N7O/c1-17-8-10-19(11-9-17)23-22-18(2)32-35(21-6-4-3-5-7-21)28(22)36-27-24(23)26-31-25(33-34(26)16-30-27)20-12-14-29-15-13-20/h3-16,23H,1-2H3. The third kappa shape index (κ3) is 3.11. The molecule has 0 saturated heterocycles. The van der Waals surface area contributed by atoms with Crippen LogP contribution in [0.4, 0.5) is 0 Å². The van der Waals surface area contributed by atoms with Gasteiger partial charge >= 0.3 is 0 Å². The summed E-state index contributed by atoms with van der Waals surface area (Å²) in [5.41, 5.74) is 7.59. The molecule has 1 aliphatic rings. The van der Waals surface area contributed by atoms with Crippen molar-refractivity contribution in [2.75, 3.05) is 0 Å². The van der Waals surface area contributed by atoms with Crippen LogP contribution in [-0.4, -0.2) is 34.3 Å². The van der Waals surface area contributed by atoms with E-state index in [-0.39, 0.29) is 5.92 Å². The van der Waals surface area contributed by atoms with E-state index in [0.717, 1.165) is 33.6 Å². The molecule has 1 unspecified atom stereocenters. The van der Waals surface area contributed by atoms with Crippen LogP contribution in [0.15, 0.2) is 85.5 Å². The topological polar surface area (TPSA) is 83.0 Å². The van der Waals surface area contributed by atoms with Crippen molar-refractivity contribution in [3.63, 3.8) is 0 Å². The lowest BCUT2D eigenvalue weighted by molar-refractivity contribution is 0.402. The number of ether oxygens (including phenoxy) is 1. The van der Waals surface area contributed by atoms with Crippen molar-refractivity contribution in [3.8, 4) is 28.8 Å². The average molecular weight is 472 g/mol. The zero-order valence-corrected chi connectivity index (χ0v) is 19.7. The third-order valence-electron chi connectivity index (χ3n) is 6.57. The molecule has 0 N–H and O–H groups in total. The van der Waals surface area contributed by atoms with Crippen molar-refractivity contribution in [2.24, 2.45) is 0 Å². The molecule has 0 spiro atoms. The summed E-state index contributed by atoms with van der Waals surface area (Å²) >= 11 is 0. The van der Waals surface area contributed by atoms with Crippen LogP contribution in [0.2, 0.25) is 0 Å². The van der Waals surface area contributed by atoms with E-state index in [1.807, 2.05) is 54.1 Å². The number of fused-ring (bicyclic) bond motifs is 4. The minimum absolute atomic E-state index is 0.174. The molecule has 0 saturated carbocycles. The molecule has 1 atom stereocenters. The molecule has 4 aromatic heterocycles. The van der Waals surface area contributed by atoms with Crippen LogP contribution < -0.4 is 4.74 Å². The van der Waals surface area contributed by atoms with Gasteiger partial charge in [0.05, 0.1) is 28.4 Å². The fourth-order valence-electron chi connectivity index (χ4n) is 4.84. The van der Waals surface area contributed by atoms with Crippen LogP contribution in [0.5, 0.6) is 11.8 Å². The van der Waals surface area contributed by atoms with Gasteiger partial charge < -0.3 is 4.74 Å². The molecular formula is C28H21N7O. The van der Waals surface area contributed by atoms with Gasteiger partial charge in [0.15, 0.2) is 11.5 Å². The summed E-state index contributed by atoms with van der Waals surface area (Å²) in [5.74, 6) is 1.61. The van der Waals surface area contributed by atoms with Crippen LogP contribution in [0.3, 0.4) is 0 Å². The van der Waals surface area contributed by atoms with Gasteiger partial charge in [-0.2, -0.15) is 5.10 Å². The number of benzene rings is 2. The summed E-state index contributed by atoms with van der Waals surface area (Å²) in [5, 5.41) is 9.59. The second kappa shape index (κ2) is 7.84. The number of aromatic nitrogens is 7. The predicted molar refractivity (Wildman–Crippen MR) is 135 cm³/mol. The highest BCUT2D eigenvalue weighted by atomic mass is 16.5. The summed E-state index contributed by atoms with van der Waals surface area (Å²) in [6, 6.07) is 22.4. The Morgan fingerprint density at radius 3 is 2.39 bits per heavy atom. The molecule has 0 radical (unpaired) electrons. The summed E-state index contributed by atoms with van der Waals surface area (Å²) < 4.78 is 10.1. The number of pyridine rings is 1. The number of hydrogen-bond donors (Lipinski definition) is 0. The normalized spacial score (nSPS) is 14.3. The molecule has 5 heterocycles. The van der Waals surface area contributed by atoms with Gasteiger partial charge in [-0.1, -0.05) is 48.0 Å². The third-order valence-corrected chi connectivity index (χ3v) is 6.57. The second-order valence-electron chi connectivity index (χ2n) is 8.90. The predicted octanol–water partition coefficient (Wildman–Crippen LogP) is 5.27. The highest BCUT2D eigenvalue weighted by Crippen LogP contribution is 2.49. The largest absolute Gasteiger partial charge is 0.420 e. The Balaban J connectivity index is 1.50. The molecule has 0 amide bonds. The van der Waals surface area contributed by atoms with Crippen LogP contribution in [-0.2, 0) is 0 Å². The van der Waals surface area contributed by atoms with Gasteiger partial charge in [-0.3, -0.25) is 4.98 Å². The molecule has 2 aromatic carbocycles. The zero-order valence-electron chi connectivity index (χ0n) is 19.7. The molecule has 8 nitrogen and oxygen atoms in total. The van der Waals surface area contributed by atoms with Crippen molar-refractivity contribution in [1.82, 2.24) is 34.3 Å². The SMILES string of the molecule is Cc1ccc(C2c3c(C)nn(-c4ccccc4)c3Oc3ncn4nc(-c5ccncc5)nc4c32)cc1. The number of rotatable bonds is 3. The average Bonchev–Trinajstić information content (AvgIpc) is 3.50. The fourth-order valence-corrected chi connectivity index (χ4v) is 4.84. The maximum atomic E-state index is 6.48. The Labute approximate surface area is 206 Å². The molecule has 1 aliphatic heterocycles. The first-order chi connectivity index (χ1) is 17.7. The van der Waals surface area contributed by atoms with Gasteiger partial charge in [-0.15, -0.1) is 5.10 Å². The van der Waals surface area contributed by atoms with Gasteiger partial charge in [0, 0.05) is 18.0 Å². The van der Waals surface area contributed by atoms with Gasteiger partial charge in [0.1, 0.15) is 6.33 Å². The van der Waals surface area contributed by atoms with Crippen LogP contribution in [0.1, 0.15) is 33.9 Å². The Bertz CT molecular complexity index is 1720. The van der Waals surface area contributed by atoms with Gasteiger partial charge in [0.25, 0.3) is 0 Å². The van der Waals surface area contributed by atoms with Crippen molar-refractivity contribution in [2.45, 2.75) is 19.8 Å². The van der Waals surface area contributed by atoms with E-state index in [0.29, 0.717) is 23.2 Å². The van der Waals surface area contributed by atoms with Gasteiger partial charge in [0.2, 0.25) is 11.8 Å². The molecule has 0 aliphatic carbocycles. The van der Waals surface area contributed by atoms with E-state index < -0.39 is 0 Å². The molecule has 0 bridgehead atoms. The summed E-state index contributed by atoms with van der Waals surface area (Å²) in [4.78, 5) is 13.7. The lowest BCUT2D eigenvalue weighted by Crippen LogP contribution is -2.16. The fraction of sp³-hybridized carbons (Fsp3) is 0.107. The Morgan fingerprint density at radius 1 is 0.833 bits per heavy atom. The van der Waals surface area contributed by atoms with E-state index in [1.54, 1.807) is 23.2 Å². The van der Waals surface area contributed by atoms with Crippen LogP contribution >= 0.6 is 0 Å². The second-order valence-corrected chi connectivity index (χ2v) is 8.90. The van der Waals surface area contributed by atoms with E-state index in [9.17, 15) is 0 Å². The quantitative estimate of drug-likeness (QED) is 0.349. The van der Waals surface area contributed by atoms with Crippen molar-refractivity contribution in [3.05, 3.63) is 113 Å². The van der Waals surface area contributed by atoms with Crippen LogP contribution in [0.25, 0.3) is 22.7 Å². The monoisotopic (exact) mass is 471 g/mol. The molecule has 6 aromatic rings. The van der Waals surface area contributed by atoms with E-state index in [1.165, 1.54) is 5.56 Å². The molecule has 7 rings (SSSR count). The van der Waals surface area contributed by atoms with E-state index in [4.69, 9.17) is 19.9 Å². The van der Waals surface area contributed by atoms with E-state index in [2.05, 4.69) is 41.2 Å². The maximum absolute atomic E-state index is 6.48. The van der Waals surface area contributed by atoms with Crippen molar-refractivity contribution < 1.29 is 4.74 Å². The number of nitrogens with zero attached hydrogens (tertiary/aromatic N) is 7. The number of aryl methyl sites for hydroxylation is 2. The highest BCUT2D eigenvalue weighted by Gasteiger charge is 2.38. The minimum Gasteiger partial charge on any atom is -0.420 e. The lowest BCUT2D eigenvalue weighted by Gasteiger charge is -2.26. The smallest absolute Gasteiger partial charge is 0.230 e. The maximum Gasteiger partial charge on any atom is 0.230 e. The summed E-state index contributed by atoms with van der Waals surface area (Å²) in [6.07, 6.45) is 5.13. The van der Waals surface area contributed by atoms with Crippen molar-refractivity contribution >= 4 is 5.65 Å². The van der Waals surface area contributed by atoms with Crippen LogP contribution in [0, 0.1) is 13.8 Å². The first-order valence-electron chi connectivity index (χ1n) is 11.7. The van der Waals surface area contributed by atoms with E-state index >= 15 is 0 Å². The first-order valence-corrected chi connectivity index (χ1v) is 11.7. The number of para-hydroxylation sites is 1. The summed E-state index contributed by atoms with van der Waals surface area (Å²) in [7, 11) is 0. The van der Waals surface area contributed by atoms with Gasteiger partial charge in [-0.05, 0) is 43.7 Å².